The van der Waals surface area contributed by atoms with E-state index < -0.39 is 0 Å². The van der Waals surface area contributed by atoms with Gasteiger partial charge in [0.2, 0.25) is 0 Å². The Morgan fingerprint density at radius 1 is 1.28 bits per heavy atom. The largest absolute Gasteiger partial charge is 0.347 e. The van der Waals surface area contributed by atoms with Gasteiger partial charge in [0.15, 0.2) is 0 Å². The summed E-state index contributed by atoms with van der Waals surface area (Å²) in [6.07, 6.45) is 0. The van der Waals surface area contributed by atoms with Crippen molar-refractivity contribution in [3.05, 3.63) is 54.6 Å². The standard InChI is InChI=1S/C12H8BrCl2NOS/c13-8-3-4-18-11(8)6-16-12(17)7-1-2-9(14)10(15)5-7/h1-5H,6H2,(H,16,17). The summed E-state index contributed by atoms with van der Waals surface area (Å²) in [5.41, 5.74) is 0.497. The maximum atomic E-state index is 11.9. The third-order valence-corrected chi connectivity index (χ3v) is 4.95. The number of nitrogens with one attached hydrogen (secondary N) is 1. The molecule has 0 bridgehead atoms. The summed E-state index contributed by atoms with van der Waals surface area (Å²) in [5, 5.41) is 5.61. The van der Waals surface area contributed by atoms with Crippen molar-refractivity contribution >= 4 is 56.4 Å². The molecule has 0 aliphatic heterocycles. The summed E-state index contributed by atoms with van der Waals surface area (Å²) in [6, 6.07) is 6.76. The molecule has 0 spiro atoms. The molecule has 0 aliphatic carbocycles. The number of carbonyl (C=O) groups is 1. The average molecular weight is 365 g/mol. The van der Waals surface area contributed by atoms with Crippen LogP contribution in [0.2, 0.25) is 10.0 Å². The topological polar surface area (TPSA) is 29.1 Å². The zero-order chi connectivity index (χ0) is 13.1. The van der Waals surface area contributed by atoms with Crippen molar-refractivity contribution in [1.29, 1.82) is 0 Å². The monoisotopic (exact) mass is 363 g/mol. The predicted molar refractivity (Wildman–Crippen MR) is 79.7 cm³/mol. The lowest BCUT2D eigenvalue weighted by Crippen LogP contribution is -2.22. The van der Waals surface area contributed by atoms with Crippen molar-refractivity contribution in [3.63, 3.8) is 0 Å². The SMILES string of the molecule is O=C(NCc1sccc1Br)c1ccc(Cl)c(Cl)c1. The highest BCUT2D eigenvalue weighted by atomic mass is 79.9. The first kappa shape index (κ1) is 13.9. The van der Waals surface area contributed by atoms with E-state index in [0.717, 1.165) is 9.35 Å². The van der Waals surface area contributed by atoms with Crippen molar-refractivity contribution in [2.45, 2.75) is 6.54 Å². The van der Waals surface area contributed by atoms with Gasteiger partial charge in [0, 0.05) is 14.9 Å². The fraction of sp³-hybridized carbons (Fsp3) is 0.0833. The first-order valence-electron chi connectivity index (χ1n) is 5.03. The lowest BCUT2D eigenvalue weighted by Gasteiger charge is -2.05. The first-order valence-corrected chi connectivity index (χ1v) is 7.46. The normalized spacial score (nSPS) is 10.4. The molecule has 1 N–H and O–H groups in total. The number of rotatable bonds is 3. The van der Waals surface area contributed by atoms with E-state index in [1.54, 1.807) is 29.5 Å². The minimum absolute atomic E-state index is 0.172. The van der Waals surface area contributed by atoms with Gasteiger partial charge in [0.25, 0.3) is 5.91 Å². The Morgan fingerprint density at radius 2 is 2.06 bits per heavy atom. The molecular formula is C12H8BrCl2NOS. The van der Waals surface area contributed by atoms with Gasteiger partial charge in [-0.15, -0.1) is 11.3 Å². The zero-order valence-corrected chi connectivity index (χ0v) is 13.0. The Balaban J connectivity index is 2.04. The molecule has 1 heterocycles. The Morgan fingerprint density at radius 3 is 2.67 bits per heavy atom. The molecule has 0 radical (unpaired) electrons. The van der Waals surface area contributed by atoms with E-state index >= 15 is 0 Å². The van der Waals surface area contributed by atoms with Gasteiger partial charge in [0.1, 0.15) is 0 Å². The quantitative estimate of drug-likeness (QED) is 0.836. The van der Waals surface area contributed by atoms with E-state index in [2.05, 4.69) is 21.2 Å². The van der Waals surface area contributed by atoms with Gasteiger partial charge in [-0.1, -0.05) is 23.2 Å². The van der Waals surface area contributed by atoms with Crippen LogP contribution in [0.4, 0.5) is 0 Å². The molecule has 1 aromatic heterocycles. The van der Waals surface area contributed by atoms with Crippen LogP contribution in [0.15, 0.2) is 34.1 Å². The maximum Gasteiger partial charge on any atom is 0.251 e. The highest BCUT2D eigenvalue weighted by molar-refractivity contribution is 9.10. The second kappa shape index (κ2) is 6.06. The molecule has 0 fully saturated rings. The Bertz CT molecular complexity index is 585. The predicted octanol–water partition coefficient (Wildman–Crippen LogP) is 4.75. The van der Waals surface area contributed by atoms with Gasteiger partial charge in [0.05, 0.1) is 16.6 Å². The molecule has 2 nitrogen and oxygen atoms in total. The van der Waals surface area contributed by atoms with E-state index in [9.17, 15) is 4.79 Å². The summed E-state index contributed by atoms with van der Waals surface area (Å²) < 4.78 is 1.00. The van der Waals surface area contributed by atoms with Crippen LogP contribution in [0.3, 0.4) is 0 Å². The average Bonchev–Trinajstić information content (AvgIpc) is 2.75. The highest BCUT2D eigenvalue weighted by Gasteiger charge is 2.09. The van der Waals surface area contributed by atoms with Gasteiger partial charge < -0.3 is 5.32 Å². The number of halogens is 3. The molecule has 0 unspecified atom stereocenters. The lowest BCUT2D eigenvalue weighted by atomic mass is 10.2. The number of benzene rings is 1. The van der Waals surface area contributed by atoms with Crippen molar-refractivity contribution in [2.24, 2.45) is 0 Å². The molecule has 6 heteroatoms. The molecule has 0 atom stereocenters. The van der Waals surface area contributed by atoms with E-state index in [0.29, 0.717) is 22.2 Å². The van der Waals surface area contributed by atoms with Gasteiger partial charge in [-0.3, -0.25) is 4.79 Å². The van der Waals surface area contributed by atoms with Crippen molar-refractivity contribution in [3.8, 4) is 0 Å². The van der Waals surface area contributed by atoms with E-state index in [1.807, 2.05) is 11.4 Å². The lowest BCUT2D eigenvalue weighted by molar-refractivity contribution is 0.0951. The summed E-state index contributed by atoms with van der Waals surface area (Å²) in [7, 11) is 0. The molecule has 0 saturated heterocycles. The molecule has 18 heavy (non-hydrogen) atoms. The molecule has 2 rings (SSSR count). The molecule has 94 valence electrons. The summed E-state index contributed by atoms with van der Waals surface area (Å²) in [5.74, 6) is -0.172. The van der Waals surface area contributed by atoms with Crippen molar-refractivity contribution < 1.29 is 4.79 Å². The number of hydrogen-bond donors (Lipinski definition) is 1. The van der Waals surface area contributed by atoms with Gasteiger partial charge in [-0.2, -0.15) is 0 Å². The fourth-order valence-electron chi connectivity index (χ4n) is 1.35. The molecule has 2 aromatic rings. The van der Waals surface area contributed by atoms with Gasteiger partial charge >= 0.3 is 0 Å². The van der Waals surface area contributed by atoms with Gasteiger partial charge in [-0.05, 0) is 45.6 Å². The summed E-state index contributed by atoms with van der Waals surface area (Å²) in [6.45, 7) is 0.483. The Hall–Kier alpha value is -0.550. The van der Waals surface area contributed by atoms with E-state index in [1.165, 1.54) is 0 Å². The number of hydrogen-bond acceptors (Lipinski definition) is 2. The Labute approximate surface area is 127 Å². The van der Waals surface area contributed by atoms with Crippen LogP contribution < -0.4 is 5.32 Å². The maximum absolute atomic E-state index is 11.9. The number of carbonyl (C=O) groups excluding carboxylic acids is 1. The minimum Gasteiger partial charge on any atom is -0.347 e. The fourth-order valence-corrected chi connectivity index (χ4v) is 3.08. The van der Waals surface area contributed by atoms with Crippen molar-refractivity contribution in [1.82, 2.24) is 5.32 Å². The minimum atomic E-state index is -0.172. The molecule has 0 saturated carbocycles. The number of amides is 1. The summed E-state index contributed by atoms with van der Waals surface area (Å²) in [4.78, 5) is 13.0. The van der Waals surface area contributed by atoms with Crippen LogP contribution in [0.25, 0.3) is 0 Å². The zero-order valence-electron chi connectivity index (χ0n) is 9.04. The summed E-state index contributed by atoms with van der Waals surface area (Å²) >= 11 is 16.7. The third kappa shape index (κ3) is 3.26. The second-order valence-electron chi connectivity index (χ2n) is 3.50. The van der Waals surface area contributed by atoms with Crippen molar-refractivity contribution in [2.75, 3.05) is 0 Å². The van der Waals surface area contributed by atoms with E-state index in [4.69, 9.17) is 23.2 Å². The van der Waals surface area contributed by atoms with Crippen LogP contribution in [-0.2, 0) is 6.54 Å². The molecule has 0 aliphatic rings. The van der Waals surface area contributed by atoms with Crippen LogP contribution >= 0.6 is 50.5 Å². The van der Waals surface area contributed by atoms with Crippen LogP contribution in [0.5, 0.6) is 0 Å². The van der Waals surface area contributed by atoms with Gasteiger partial charge in [-0.25, -0.2) is 0 Å². The second-order valence-corrected chi connectivity index (χ2v) is 6.17. The Kier molecular flexibility index (Phi) is 4.67. The molecular weight excluding hydrogens is 357 g/mol. The highest BCUT2D eigenvalue weighted by Crippen LogP contribution is 2.24. The number of thiophene rings is 1. The third-order valence-electron chi connectivity index (χ3n) is 2.28. The first-order chi connectivity index (χ1) is 8.58. The molecule has 1 aromatic carbocycles. The molecule has 1 amide bonds. The van der Waals surface area contributed by atoms with Crippen LogP contribution in [-0.4, -0.2) is 5.91 Å². The smallest absolute Gasteiger partial charge is 0.251 e. The van der Waals surface area contributed by atoms with Crippen LogP contribution in [0.1, 0.15) is 15.2 Å². The van der Waals surface area contributed by atoms with Crippen LogP contribution in [0, 0.1) is 0 Å². The van der Waals surface area contributed by atoms with E-state index in [-0.39, 0.29) is 5.91 Å².